The molecule has 0 bridgehead atoms. The van der Waals surface area contributed by atoms with E-state index in [2.05, 4.69) is 55.4 Å². The van der Waals surface area contributed by atoms with Gasteiger partial charge in [0.15, 0.2) is 0 Å². The van der Waals surface area contributed by atoms with E-state index in [0.717, 1.165) is 18.5 Å². The minimum atomic E-state index is -0.0751. The first-order chi connectivity index (χ1) is 11.6. The maximum Gasteiger partial charge on any atom is 0.314 e. The average Bonchev–Trinajstić information content (AvgIpc) is 2.44. The third-order valence-electron chi connectivity index (χ3n) is 4.32. The molecule has 0 aliphatic carbocycles. The van der Waals surface area contributed by atoms with Crippen molar-refractivity contribution in [1.82, 2.24) is 0 Å². The molecule has 144 valence electrons. The average molecular weight is 385 g/mol. The SMILES string of the molecule is CC(C)C(C(=O)O[Si]CCC[Si]OC(=O)C(C(C)C)C(C)C)C(C)C. The maximum atomic E-state index is 12.1. The number of rotatable bonds is 12. The molecule has 0 N–H and O–H groups in total. The van der Waals surface area contributed by atoms with Crippen molar-refractivity contribution in [2.45, 2.75) is 73.9 Å². The zero-order valence-electron chi connectivity index (χ0n) is 17.2. The molecule has 25 heavy (non-hydrogen) atoms. The van der Waals surface area contributed by atoms with Crippen molar-refractivity contribution in [1.29, 1.82) is 0 Å². The highest BCUT2D eigenvalue weighted by atomic mass is 28.2. The highest BCUT2D eigenvalue weighted by molar-refractivity contribution is 6.32. The lowest BCUT2D eigenvalue weighted by Gasteiger charge is -2.23. The second kappa shape index (κ2) is 12.7. The first kappa shape index (κ1) is 24.4. The molecule has 0 saturated carbocycles. The summed E-state index contributed by atoms with van der Waals surface area (Å²) in [4.78, 5) is 24.2. The largest absolute Gasteiger partial charge is 0.516 e. The standard InChI is InChI=1S/C19H36O4Si2/c1-12(2)16(13(3)4)18(20)22-24-10-9-11-25-23-19(21)17(14(5)6)15(7)8/h12-17H,9-11H2,1-8H3. The van der Waals surface area contributed by atoms with Gasteiger partial charge in [-0.15, -0.1) is 0 Å². The van der Waals surface area contributed by atoms with Crippen LogP contribution in [0.1, 0.15) is 61.8 Å². The molecular formula is C19H36O4Si2. The van der Waals surface area contributed by atoms with E-state index in [1.165, 1.54) is 0 Å². The summed E-state index contributed by atoms with van der Waals surface area (Å²) in [6, 6.07) is 1.69. The molecule has 0 amide bonds. The zero-order valence-corrected chi connectivity index (χ0v) is 19.2. The van der Waals surface area contributed by atoms with Crippen LogP contribution in [0.5, 0.6) is 0 Å². The molecule has 0 rings (SSSR count). The van der Waals surface area contributed by atoms with Gasteiger partial charge < -0.3 is 8.85 Å². The molecule has 0 spiro atoms. The van der Waals surface area contributed by atoms with E-state index in [4.69, 9.17) is 8.85 Å². The maximum absolute atomic E-state index is 12.1. The minimum absolute atomic E-state index is 0.0284. The van der Waals surface area contributed by atoms with E-state index in [1.54, 1.807) is 0 Å². The van der Waals surface area contributed by atoms with Crippen LogP contribution in [-0.2, 0) is 18.4 Å². The Balaban J connectivity index is 3.94. The van der Waals surface area contributed by atoms with Crippen LogP contribution >= 0.6 is 0 Å². The lowest BCUT2D eigenvalue weighted by Crippen LogP contribution is -2.29. The molecule has 0 atom stereocenters. The van der Waals surface area contributed by atoms with Crippen LogP contribution < -0.4 is 0 Å². The first-order valence-electron chi connectivity index (χ1n) is 9.46. The zero-order chi connectivity index (χ0) is 19.6. The second-order valence-electron chi connectivity index (χ2n) is 8.01. The number of carbonyl (C=O) groups is 2. The predicted molar refractivity (Wildman–Crippen MR) is 104 cm³/mol. The van der Waals surface area contributed by atoms with Gasteiger partial charge in [0, 0.05) is 0 Å². The predicted octanol–water partition coefficient (Wildman–Crippen LogP) is 4.39. The topological polar surface area (TPSA) is 52.6 Å². The molecule has 0 fully saturated rings. The quantitative estimate of drug-likeness (QED) is 0.370. The summed E-state index contributed by atoms with van der Waals surface area (Å²) >= 11 is 0. The van der Waals surface area contributed by atoms with Crippen molar-refractivity contribution in [2.24, 2.45) is 35.5 Å². The molecule has 4 radical (unpaired) electrons. The number of hydrogen-bond acceptors (Lipinski definition) is 4. The molecule has 0 aromatic rings. The number of hydrogen-bond donors (Lipinski definition) is 0. The lowest BCUT2D eigenvalue weighted by molar-refractivity contribution is -0.143. The van der Waals surface area contributed by atoms with Gasteiger partial charge in [-0.05, 0) is 35.8 Å². The molecule has 0 aliphatic rings. The lowest BCUT2D eigenvalue weighted by atomic mass is 9.86. The summed E-state index contributed by atoms with van der Waals surface area (Å²) in [5.41, 5.74) is 0. The van der Waals surface area contributed by atoms with Crippen LogP contribution in [0.4, 0.5) is 0 Å². The Bertz CT molecular complexity index is 343. The minimum Gasteiger partial charge on any atom is -0.516 e. The summed E-state index contributed by atoms with van der Waals surface area (Å²) in [6.07, 6.45) is 0.916. The fraction of sp³-hybridized carbons (Fsp3) is 0.895. The third kappa shape index (κ3) is 9.59. The van der Waals surface area contributed by atoms with Crippen LogP contribution in [0.15, 0.2) is 0 Å². The van der Waals surface area contributed by atoms with Crippen LogP contribution in [0.2, 0.25) is 12.1 Å². The van der Waals surface area contributed by atoms with Gasteiger partial charge in [0.1, 0.15) is 0 Å². The Morgan fingerprint density at radius 1 is 0.640 bits per heavy atom. The molecule has 6 heteroatoms. The van der Waals surface area contributed by atoms with E-state index in [0.29, 0.717) is 23.7 Å². The molecule has 0 heterocycles. The van der Waals surface area contributed by atoms with Gasteiger partial charge in [0.05, 0.1) is 11.8 Å². The Kier molecular flexibility index (Phi) is 12.4. The van der Waals surface area contributed by atoms with Gasteiger partial charge in [-0.1, -0.05) is 61.8 Å². The molecule has 0 unspecified atom stereocenters. The van der Waals surface area contributed by atoms with Crippen molar-refractivity contribution >= 4 is 31.5 Å². The summed E-state index contributed by atoms with van der Waals surface area (Å²) in [7, 11) is 0.397. The Morgan fingerprint density at radius 2 is 0.920 bits per heavy atom. The Hall–Kier alpha value is -0.626. The van der Waals surface area contributed by atoms with Gasteiger partial charge in [-0.3, -0.25) is 9.59 Å². The van der Waals surface area contributed by atoms with E-state index < -0.39 is 0 Å². The van der Waals surface area contributed by atoms with Gasteiger partial charge in [0.25, 0.3) is 11.9 Å². The molecular weight excluding hydrogens is 348 g/mol. The molecule has 0 aliphatic heterocycles. The molecule has 4 nitrogen and oxygen atoms in total. The van der Waals surface area contributed by atoms with Crippen LogP contribution in [-0.4, -0.2) is 31.5 Å². The van der Waals surface area contributed by atoms with Gasteiger partial charge >= 0.3 is 19.5 Å². The summed E-state index contributed by atoms with van der Waals surface area (Å²) in [6.45, 7) is 16.5. The normalized spacial score (nSPS) is 12.1. The Morgan fingerprint density at radius 3 is 1.16 bits per heavy atom. The van der Waals surface area contributed by atoms with Gasteiger partial charge in [0.2, 0.25) is 0 Å². The Labute approximate surface area is 159 Å². The van der Waals surface area contributed by atoms with Crippen molar-refractivity contribution in [3.05, 3.63) is 0 Å². The van der Waals surface area contributed by atoms with Crippen LogP contribution in [0.25, 0.3) is 0 Å². The fourth-order valence-electron chi connectivity index (χ4n) is 3.24. The van der Waals surface area contributed by atoms with E-state index >= 15 is 0 Å². The van der Waals surface area contributed by atoms with E-state index in [9.17, 15) is 9.59 Å². The van der Waals surface area contributed by atoms with Gasteiger partial charge in [-0.25, -0.2) is 0 Å². The highest BCUT2D eigenvalue weighted by Crippen LogP contribution is 2.23. The van der Waals surface area contributed by atoms with Crippen LogP contribution in [0.3, 0.4) is 0 Å². The highest BCUT2D eigenvalue weighted by Gasteiger charge is 2.27. The molecule has 0 aromatic heterocycles. The summed E-state index contributed by atoms with van der Waals surface area (Å²) in [5, 5.41) is 0. The van der Waals surface area contributed by atoms with Crippen molar-refractivity contribution < 1.29 is 18.4 Å². The van der Waals surface area contributed by atoms with E-state index in [1.807, 2.05) is 0 Å². The van der Waals surface area contributed by atoms with Crippen molar-refractivity contribution in [3.63, 3.8) is 0 Å². The smallest absolute Gasteiger partial charge is 0.314 e. The first-order valence-corrected chi connectivity index (χ1v) is 11.7. The summed E-state index contributed by atoms with van der Waals surface area (Å²) < 4.78 is 10.9. The van der Waals surface area contributed by atoms with Crippen molar-refractivity contribution in [2.75, 3.05) is 0 Å². The number of carbonyl (C=O) groups excluding carboxylic acids is 2. The third-order valence-corrected chi connectivity index (χ3v) is 6.13. The monoisotopic (exact) mass is 384 g/mol. The van der Waals surface area contributed by atoms with E-state index in [-0.39, 0.29) is 43.3 Å². The second-order valence-corrected chi connectivity index (χ2v) is 10.00. The fourth-order valence-corrected chi connectivity index (χ4v) is 5.00. The molecule has 0 saturated heterocycles. The van der Waals surface area contributed by atoms with Crippen LogP contribution in [0, 0.1) is 35.5 Å². The summed E-state index contributed by atoms with van der Waals surface area (Å²) in [5.74, 6) is 0.990. The van der Waals surface area contributed by atoms with Crippen molar-refractivity contribution in [3.8, 4) is 0 Å². The molecule has 0 aromatic carbocycles. The van der Waals surface area contributed by atoms with Gasteiger partial charge in [-0.2, -0.15) is 0 Å².